The molecule has 2 rings (SSSR count). The zero-order chi connectivity index (χ0) is 10.7. The minimum absolute atomic E-state index is 0.233. The lowest BCUT2D eigenvalue weighted by atomic mass is 9.88. The van der Waals surface area contributed by atoms with Crippen molar-refractivity contribution < 1.29 is 0 Å². The maximum Gasteiger partial charge on any atom is 0.141 e. The highest BCUT2D eigenvalue weighted by atomic mass is 14.7. The van der Waals surface area contributed by atoms with Gasteiger partial charge in [-0.05, 0) is 17.7 Å². The molecule has 0 fully saturated rings. The average molecular weight is 196 g/mol. The molecule has 0 aromatic heterocycles. The van der Waals surface area contributed by atoms with Crippen molar-refractivity contribution >= 4 is 0 Å². The molecular formula is C13H12N2. The molecule has 1 aromatic carbocycles. The van der Waals surface area contributed by atoms with E-state index in [1.54, 1.807) is 12.2 Å². The van der Waals surface area contributed by atoms with Crippen LogP contribution in [0.1, 0.15) is 11.5 Å². The molecule has 1 aromatic rings. The maximum atomic E-state index is 8.83. The van der Waals surface area contributed by atoms with E-state index in [4.69, 9.17) is 11.0 Å². The molecule has 74 valence electrons. The molecule has 0 saturated heterocycles. The highest BCUT2D eigenvalue weighted by molar-refractivity contribution is 5.40. The summed E-state index contributed by atoms with van der Waals surface area (Å²) in [5.41, 5.74) is 6.05. The fourth-order valence-electron chi connectivity index (χ4n) is 1.62. The van der Waals surface area contributed by atoms with Crippen molar-refractivity contribution in [3.63, 3.8) is 0 Å². The smallest absolute Gasteiger partial charge is 0.141 e. The summed E-state index contributed by atoms with van der Waals surface area (Å²) in [5.74, 6) is 0.233. The summed E-state index contributed by atoms with van der Waals surface area (Å²) in [6.07, 6.45) is 7.45. The third-order valence-corrected chi connectivity index (χ3v) is 2.54. The van der Waals surface area contributed by atoms with E-state index in [9.17, 15) is 0 Å². The second-order valence-corrected chi connectivity index (χ2v) is 3.70. The van der Waals surface area contributed by atoms with Crippen molar-refractivity contribution in [2.45, 2.75) is 11.5 Å². The van der Waals surface area contributed by atoms with Gasteiger partial charge in [0.1, 0.15) is 5.54 Å². The Morgan fingerprint density at radius 1 is 1.13 bits per heavy atom. The monoisotopic (exact) mass is 196 g/mol. The van der Waals surface area contributed by atoms with Gasteiger partial charge in [-0.3, -0.25) is 0 Å². The van der Waals surface area contributed by atoms with Crippen LogP contribution in [0.15, 0.2) is 54.6 Å². The minimum atomic E-state index is -0.925. The van der Waals surface area contributed by atoms with Gasteiger partial charge in [-0.1, -0.05) is 42.5 Å². The number of allylic oxidation sites excluding steroid dienone is 2. The summed E-state index contributed by atoms with van der Waals surface area (Å²) in [6, 6.07) is 12.2. The maximum absolute atomic E-state index is 8.83. The van der Waals surface area contributed by atoms with E-state index in [-0.39, 0.29) is 5.92 Å². The van der Waals surface area contributed by atoms with Crippen molar-refractivity contribution in [3.05, 3.63) is 60.2 Å². The topological polar surface area (TPSA) is 49.8 Å². The molecule has 15 heavy (non-hydrogen) atoms. The summed E-state index contributed by atoms with van der Waals surface area (Å²) in [6.45, 7) is 0. The van der Waals surface area contributed by atoms with Crippen molar-refractivity contribution in [3.8, 4) is 6.07 Å². The van der Waals surface area contributed by atoms with Gasteiger partial charge < -0.3 is 5.73 Å². The second kappa shape index (κ2) is 3.72. The number of hydrogen-bond donors (Lipinski definition) is 1. The average Bonchev–Trinajstić information content (AvgIpc) is 2.31. The van der Waals surface area contributed by atoms with Gasteiger partial charge in [0.2, 0.25) is 0 Å². The standard InChI is InChI=1S/C13H12N2/c14-10-13(15)8-6-12(7-9-13)11-4-2-1-3-5-11/h1-9,12H,15H2. The lowest BCUT2D eigenvalue weighted by molar-refractivity contribution is 0.804. The Bertz CT molecular complexity index is 423. The molecule has 2 N–H and O–H groups in total. The van der Waals surface area contributed by atoms with Crippen LogP contribution in [0.2, 0.25) is 0 Å². The fourth-order valence-corrected chi connectivity index (χ4v) is 1.62. The molecule has 0 aliphatic heterocycles. The number of nitrogens with zero attached hydrogens (tertiary/aromatic N) is 1. The third kappa shape index (κ3) is 1.98. The molecule has 0 atom stereocenters. The zero-order valence-electron chi connectivity index (χ0n) is 8.30. The molecule has 1 aliphatic carbocycles. The van der Waals surface area contributed by atoms with Crippen molar-refractivity contribution in [1.82, 2.24) is 0 Å². The molecule has 0 bridgehead atoms. The molecule has 2 heteroatoms. The largest absolute Gasteiger partial charge is 0.307 e. The molecule has 2 nitrogen and oxygen atoms in total. The van der Waals surface area contributed by atoms with Gasteiger partial charge in [0, 0.05) is 5.92 Å². The molecule has 0 unspecified atom stereocenters. The molecule has 0 spiro atoms. The van der Waals surface area contributed by atoms with Crippen LogP contribution in [0.5, 0.6) is 0 Å². The number of nitriles is 1. The molecule has 0 radical (unpaired) electrons. The van der Waals surface area contributed by atoms with E-state index in [0.29, 0.717) is 0 Å². The van der Waals surface area contributed by atoms with Crippen molar-refractivity contribution in [2.75, 3.05) is 0 Å². The highest BCUT2D eigenvalue weighted by Gasteiger charge is 2.21. The van der Waals surface area contributed by atoms with E-state index in [0.717, 1.165) is 0 Å². The van der Waals surface area contributed by atoms with Gasteiger partial charge in [-0.2, -0.15) is 5.26 Å². The SMILES string of the molecule is N#CC1(N)C=CC(c2ccccc2)C=C1. The fraction of sp³-hybridized carbons (Fsp3) is 0.154. The Hall–Kier alpha value is -1.85. The number of nitrogens with two attached hydrogens (primary N) is 1. The van der Waals surface area contributed by atoms with Crippen LogP contribution in [0.3, 0.4) is 0 Å². The summed E-state index contributed by atoms with van der Waals surface area (Å²) in [4.78, 5) is 0. The quantitative estimate of drug-likeness (QED) is 0.699. The predicted molar refractivity (Wildman–Crippen MR) is 60.0 cm³/mol. The molecule has 1 aliphatic rings. The van der Waals surface area contributed by atoms with Crippen LogP contribution in [0.25, 0.3) is 0 Å². The first-order valence-corrected chi connectivity index (χ1v) is 4.87. The first-order chi connectivity index (χ1) is 7.23. The van der Waals surface area contributed by atoms with Crippen molar-refractivity contribution in [2.24, 2.45) is 5.73 Å². The summed E-state index contributed by atoms with van der Waals surface area (Å²) < 4.78 is 0. The first kappa shape index (κ1) is 9.70. The summed E-state index contributed by atoms with van der Waals surface area (Å²) >= 11 is 0. The molecule has 0 amide bonds. The highest BCUT2D eigenvalue weighted by Crippen LogP contribution is 2.24. The summed E-state index contributed by atoms with van der Waals surface area (Å²) in [5, 5.41) is 8.83. The Morgan fingerprint density at radius 2 is 1.73 bits per heavy atom. The molecule has 0 heterocycles. The van der Waals surface area contributed by atoms with Gasteiger partial charge in [0.15, 0.2) is 0 Å². The normalized spacial score (nSPS) is 28.7. The lowest BCUT2D eigenvalue weighted by Crippen LogP contribution is -2.34. The van der Waals surface area contributed by atoms with Crippen LogP contribution in [0, 0.1) is 11.3 Å². The van der Waals surface area contributed by atoms with Crippen molar-refractivity contribution in [1.29, 1.82) is 5.26 Å². The van der Waals surface area contributed by atoms with Gasteiger partial charge in [-0.25, -0.2) is 0 Å². The van der Waals surface area contributed by atoms with Gasteiger partial charge in [0.25, 0.3) is 0 Å². The van der Waals surface area contributed by atoms with Gasteiger partial charge in [-0.15, -0.1) is 0 Å². The number of benzene rings is 1. The molecule has 0 saturated carbocycles. The van der Waals surface area contributed by atoms with Crippen LogP contribution < -0.4 is 5.73 Å². The molecular weight excluding hydrogens is 184 g/mol. The first-order valence-electron chi connectivity index (χ1n) is 4.87. The minimum Gasteiger partial charge on any atom is -0.307 e. The Labute approximate surface area is 89.3 Å². The zero-order valence-corrected chi connectivity index (χ0v) is 8.30. The van der Waals surface area contributed by atoms with Gasteiger partial charge >= 0.3 is 0 Å². The van der Waals surface area contributed by atoms with E-state index >= 15 is 0 Å². The van der Waals surface area contributed by atoms with Crippen LogP contribution >= 0.6 is 0 Å². The van der Waals surface area contributed by atoms with Crippen LogP contribution in [-0.4, -0.2) is 5.54 Å². The summed E-state index contributed by atoms with van der Waals surface area (Å²) in [7, 11) is 0. The lowest BCUT2D eigenvalue weighted by Gasteiger charge is -2.19. The van der Waals surface area contributed by atoms with E-state index in [1.807, 2.05) is 30.4 Å². The van der Waals surface area contributed by atoms with E-state index in [2.05, 4.69) is 18.2 Å². The Morgan fingerprint density at radius 3 is 2.27 bits per heavy atom. The Kier molecular flexibility index (Phi) is 2.40. The predicted octanol–water partition coefficient (Wildman–Crippen LogP) is 2.12. The van der Waals surface area contributed by atoms with Gasteiger partial charge in [0.05, 0.1) is 6.07 Å². The third-order valence-electron chi connectivity index (χ3n) is 2.54. The Balaban J connectivity index is 2.23. The van der Waals surface area contributed by atoms with Crippen LogP contribution in [-0.2, 0) is 0 Å². The number of rotatable bonds is 1. The number of hydrogen-bond acceptors (Lipinski definition) is 2. The second-order valence-electron chi connectivity index (χ2n) is 3.70. The van der Waals surface area contributed by atoms with E-state index in [1.165, 1.54) is 5.56 Å². The van der Waals surface area contributed by atoms with Crippen LogP contribution in [0.4, 0.5) is 0 Å². The van der Waals surface area contributed by atoms with E-state index < -0.39 is 5.54 Å².